The first kappa shape index (κ1) is 15.0. The van der Waals surface area contributed by atoms with Gasteiger partial charge in [-0.05, 0) is 31.0 Å². The molecule has 1 saturated heterocycles. The van der Waals surface area contributed by atoms with Crippen molar-refractivity contribution in [2.75, 3.05) is 26.8 Å². The van der Waals surface area contributed by atoms with E-state index in [0.717, 1.165) is 23.5 Å². The van der Waals surface area contributed by atoms with E-state index < -0.39 is 0 Å². The van der Waals surface area contributed by atoms with Gasteiger partial charge in [0, 0.05) is 19.5 Å². The molecule has 1 aromatic rings. The van der Waals surface area contributed by atoms with Crippen molar-refractivity contribution >= 4 is 17.5 Å². The van der Waals surface area contributed by atoms with E-state index in [4.69, 9.17) is 21.1 Å². The Morgan fingerprint density at radius 3 is 2.80 bits per heavy atom. The Kier molecular flexibility index (Phi) is 5.12. The summed E-state index contributed by atoms with van der Waals surface area (Å²) in [6.07, 6.45) is 1.24. The SMILES string of the molecule is CCOc1ccc(CCN2CC(Cl)CC2=O)cc1OC. The molecular formula is C15H20ClNO3. The standard InChI is InChI=1S/C15H20ClNO3/c1-3-20-13-5-4-11(8-14(13)19-2)6-7-17-10-12(16)9-15(17)18/h4-5,8,12H,3,6-7,9-10H2,1-2H3. The first-order valence-electron chi connectivity index (χ1n) is 6.85. The second-order valence-corrected chi connectivity index (χ2v) is 5.43. The Morgan fingerprint density at radius 1 is 1.40 bits per heavy atom. The van der Waals surface area contributed by atoms with Gasteiger partial charge in [-0.1, -0.05) is 6.07 Å². The van der Waals surface area contributed by atoms with Gasteiger partial charge in [-0.25, -0.2) is 0 Å². The molecule has 2 rings (SSSR count). The Labute approximate surface area is 124 Å². The van der Waals surface area contributed by atoms with Crippen LogP contribution in [-0.2, 0) is 11.2 Å². The van der Waals surface area contributed by atoms with Gasteiger partial charge in [0.1, 0.15) is 0 Å². The van der Waals surface area contributed by atoms with Crippen molar-refractivity contribution in [3.8, 4) is 11.5 Å². The Hall–Kier alpha value is -1.42. The molecule has 1 heterocycles. The zero-order valence-corrected chi connectivity index (χ0v) is 12.7. The predicted molar refractivity (Wildman–Crippen MR) is 78.7 cm³/mol. The molecule has 1 fully saturated rings. The number of hydrogen-bond acceptors (Lipinski definition) is 3. The third-order valence-electron chi connectivity index (χ3n) is 3.37. The number of nitrogens with zero attached hydrogens (tertiary/aromatic N) is 1. The van der Waals surface area contributed by atoms with Crippen molar-refractivity contribution < 1.29 is 14.3 Å². The molecule has 5 heteroatoms. The predicted octanol–water partition coefficient (Wildman–Crippen LogP) is 2.48. The van der Waals surface area contributed by atoms with Gasteiger partial charge in [-0.3, -0.25) is 4.79 Å². The maximum Gasteiger partial charge on any atom is 0.224 e. The zero-order chi connectivity index (χ0) is 14.5. The van der Waals surface area contributed by atoms with Gasteiger partial charge in [0.05, 0.1) is 19.1 Å². The molecular weight excluding hydrogens is 278 g/mol. The fraction of sp³-hybridized carbons (Fsp3) is 0.533. The number of methoxy groups -OCH3 is 1. The highest BCUT2D eigenvalue weighted by atomic mass is 35.5. The molecule has 0 saturated carbocycles. The molecule has 1 aromatic carbocycles. The van der Waals surface area contributed by atoms with Gasteiger partial charge >= 0.3 is 0 Å². The Morgan fingerprint density at radius 2 is 2.20 bits per heavy atom. The highest BCUT2D eigenvalue weighted by molar-refractivity contribution is 6.22. The van der Waals surface area contributed by atoms with Crippen molar-refractivity contribution in [2.24, 2.45) is 0 Å². The van der Waals surface area contributed by atoms with Gasteiger partial charge in [0.25, 0.3) is 0 Å². The number of amides is 1. The first-order chi connectivity index (χ1) is 9.63. The summed E-state index contributed by atoms with van der Waals surface area (Å²) in [4.78, 5) is 13.5. The molecule has 4 nitrogen and oxygen atoms in total. The average Bonchev–Trinajstić information content (AvgIpc) is 2.76. The van der Waals surface area contributed by atoms with E-state index in [1.807, 2.05) is 30.0 Å². The Balaban J connectivity index is 1.98. The van der Waals surface area contributed by atoms with Crippen LogP contribution in [-0.4, -0.2) is 43.0 Å². The molecule has 20 heavy (non-hydrogen) atoms. The highest BCUT2D eigenvalue weighted by Crippen LogP contribution is 2.28. The number of benzene rings is 1. The molecule has 0 aliphatic carbocycles. The number of ether oxygens (including phenoxy) is 2. The number of halogens is 1. The van der Waals surface area contributed by atoms with Crippen molar-refractivity contribution in [1.82, 2.24) is 4.90 Å². The third-order valence-corrected chi connectivity index (χ3v) is 3.66. The number of rotatable bonds is 6. The lowest BCUT2D eigenvalue weighted by atomic mass is 10.1. The molecule has 0 aromatic heterocycles. The van der Waals surface area contributed by atoms with Crippen LogP contribution in [0.25, 0.3) is 0 Å². The van der Waals surface area contributed by atoms with E-state index in [9.17, 15) is 4.79 Å². The van der Waals surface area contributed by atoms with E-state index in [1.54, 1.807) is 7.11 Å². The minimum absolute atomic E-state index is 0.0441. The van der Waals surface area contributed by atoms with Crippen LogP contribution in [0.4, 0.5) is 0 Å². The van der Waals surface area contributed by atoms with Crippen molar-refractivity contribution in [1.29, 1.82) is 0 Å². The smallest absolute Gasteiger partial charge is 0.224 e. The first-order valence-corrected chi connectivity index (χ1v) is 7.29. The molecule has 1 aliphatic heterocycles. The number of likely N-dealkylation sites (tertiary alicyclic amines) is 1. The summed E-state index contributed by atoms with van der Waals surface area (Å²) in [7, 11) is 1.63. The van der Waals surface area contributed by atoms with Crippen LogP contribution in [0.1, 0.15) is 18.9 Å². The minimum atomic E-state index is -0.0441. The molecule has 110 valence electrons. The second kappa shape index (κ2) is 6.84. The van der Waals surface area contributed by atoms with Crippen molar-refractivity contribution in [2.45, 2.75) is 25.1 Å². The fourth-order valence-electron chi connectivity index (χ4n) is 2.35. The summed E-state index contributed by atoms with van der Waals surface area (Å²) in [6, 6.07) is 5.88. The summed E-state index contributed by atoms with van der Waals surface area (Å²) in [5.41, 5.74) is 1.12. The molecule has 0 bridgehead atoms. The minimum Gasteiger partial charge on any atom is -0.493 e. The van der Waals surface area contributed by atoms with E-state index >= 15 is 0 Å². The number of hydrogen-bond donors (Lipinski definition) is 0. The molecule has 1 amide bonds. The molecule has 1 unspecified atom stereocenters. The maximum absolute atomic E-state index is 11.7. The summed E-state index contributed by atoms with van der Waals surface area (Å²) in [5, 5.41) is -0.0441. The molecule has 0 radical (unpaired) electrons. The maximum atomic E-state index is 11.7. The topological polar surface area (TPSA) is 38.8 Å². The van der Waals surface area contributed by atoms with Crippen LogP contribution in [0.5, 0.6) is 11.5 Å². The van der Waals surface area contributed by atoms with E-state index in [2.05, 4.69) is 0 Å². The average molecular weight is 298 g/mol. The van der Waals surface area contributed by atoms with Crippen molar-refractivity contribution in [3.05, 3.63) is 23.8 Å². The summed E-state index contributed by atoms with van der Waals surface area (Å²) in [5.74, 6) is 1.62. The largest absolute Gasteiger partial charge is 0.493 e. The van der Waals surface area contributed by atoms with Crippen LogP contribution >= 0.6 is 11.6 Å². The lowest BCUT2D eigenvalue weighted by Gasteiger charge is -2.16. The molecule has 0 N–H and O–H groups in total. The quantitative estimate of drug-likeness (QED) is 0.757. The highest BCUT2D eigenvalue weighted by Gasteiger charge is 2.27. The van der Waals surface area contributed by atoms with Gasteiger partial charge in [-0.15, -0.1) is 11.6 Å². The molecule has 1 aliphatic rings. The normalized spacial score (nSPS) is 18.4. The lowest BCUT2D eigenvalue weighted by Crippen LogP contribution is -2.27. The summed E-state index contributed by atoms with van der Waals surface area (Å²) >= 11 is 5.99. The van der Waals surface area contributed by atoms with E-state index in [1.165, 1.54) is 0 Å². The van der Waals surface area contributed by atoms with Crippen LogP contribution in [0.15, 0.2) is 18.2 Å². The lowest BCUT2D eigenvalue weighted by molar-refractivity contribution is -0.127. The summed E-state index contributed by atoms with van der Waals surface area (Å²) < 4.78 is 10.8. The molecule has 0 spiro atoms. The van der Waals surface area contributed by atoms with Crippen LogP contribution < -0.4 is 9.47 Å². The monoisotopic (exact) mass is 297 g/mol. The van der Waals surface area contributed by atoms with Crippen LogP contribution in [0.2, 0.25) is 0 Å². The van der Waals surface area contributed by atoms with E-state index in [-0.39, 0.29) is 11.3 Å². The number of carbonyl (C=O) groups excluding carboxylic acids is 1. The van der Waals surface area contributed by atoms with Gasteiger partial charge in [0.2, 0.25) is 5.91 Å². The van der Waals surface area contributed by atoms with Gasteiger partial charge in [0.15, 0.2) is 11.5 Å². The third kappa shape index (κ3) is 3.57. The molecule has 1 atom stereocenters. The van der Waals surface area contributed by atoms with Gasteiger partial charge < -0.3 is 14.4 Å². The number of alkyl halides is 1. The zero-order valence-electron chi connectivity index (χ0n) is 11.9. The van der Waals surface area contributed by atoms with Crippen LogP contribution in [0.3, 0.4) is 0 Å². The second-order valence-electron chi connectivity index (χ2n) is 4.81. The summed E-state index contributed by atoms with van der Waals surface area (Å²) in [6.45, 7) is 3.89. The van der Waals surface area contributed by atoms with Crippen LogP contribution in [0, 0.1) is 0 Å². The van der Waals surface area contributed by atoms with Crippen molar-refractivity contribution in [3.63, 3.8) is 0 Å². The Bertz CT molecular complexity index is 478. The van der Waals surface area contributed by atoms with E-state index in [0.29, 0.717) is 26.1 Å². The number of carbonyl (C=O) groups is 1. The van der Waals surface area contributed by atoms with Gasteiger partial charge in [-0.2, -0.15) is 0 Å². The fourth-order valence-corrected chi connectivity index (χ4v) is 2.64.